The third kappa shape index (κ3) is 15.5. The topological polar surface area (TPSA) is 35.5 Å². The summed E-state index contributed by atoms with van der Waals surface area (Å²) in [5.74, 6) is 0.279. The van der Waals surface area contributed by atoms with Crippen molar-refractivity contribution in [2.75, 3.05) is 26.4 Å². The Bertz CT molecular complexity index is 246. The predicted molar refractivity (Wildman–Crippen MR) is 79.4 cm³/mol. The largest absolute Gasteiger partial charge is 0.379 e. The maximum Gasteiger partial charge on any atom is 0.135 e. The normalized spacial score (nSPS) is 12.7. The molecule has 19 heavy (non-hydrogen) atoms. The SMILES string of the molecule is CC(C)(C)CCOCCOCCC(=O)CC(C)(C)C. The van der Waals surface area contributed by atoms with Gasteiger partial charge in [0.25, 0.3) is 0 Å². The molecule has 0 amide bonds. The standard InChI is InChI=1S/C16H32O3/c1-15(2,3)8-10-19-12-11-18-9-7-14(17)13-16(4,5)6/h7-13H2,1-6H3. The van der Waals surface area contributed by atoms with E-state index in [1.807, 2.05) is 0 Å². The monoisotopic (exact) mass is 272 g/mol. The Labute approximate surface area is 119 Å². The molecule has 0 fully saturated rings. The molecule has 0 aromatic rings. The minimum atomic E-state index is 0.0765. The predicted octanol–water partition coefficient (Wildman–Crippen LogP) is 3.85. The van der Waals surface area contributed by atoms with Gasteiger partial charge in [-0.3, -0.25) is 4.79 Å². The zero-order valence-electron chi connectivity index (χ0n) is 13.7. The summed E-state index contributed by atoms with van der Waals surface area (Å²) < 4.78 is 10.9. The van der Waals surface area contributed by atoms with Crippen LogP contribution in [0.2, 0.25) is 0 Å². The highest BCUT2D eigenvalue weighted by molar-refractivity contribution is 5.79. The van der Waals surface area contributed by atoms with E-state index in [-0.39, 0.29) is 11.2 Å². The highest BCUT2D eigenvalue weighted by atomic mass is 16.5. The summed E-state index contributed by atoms with van der Waals surface area (Å²) in [6, 6.07) is 0. The van der Waals surface area contributed by atoms with Crippen LogP contribution in [0.3, 0.4) is 0 Å². The van der Waals surface area contributed by atoms with Crippen molar-refractivity contribution in [1.82, 2.24) is 0 Å². The number of ketones is 1. The molecule has 0 aliphatic carbocycles. The summed E-state index contributed by atoms with van der Waals surface area (Å²) in [6.45, 7) is 15.3. The quantitative estimate of drug-likeness (QED) is 0.598. The molecule has 3 nitrogen and oxygen atoms in total. The lowest BCUT2D eigenvalue weighted by molar-refractivity contribution is -0.121. The zero-order chi connectivity index (χ0) is 14.9. The van der Waals surface area contributed by atoms with Crippen molar-refractivity contribution in [3.05, 3.63) is 0 Å². The van der Waals surface area contributed by atoms with Crippen LogP contribution in [0.15, 0.2) is 0 Å². The van der Waals surface area contributed by atoms with Crippen molar-refractivity contribution in [3.8, 4) is 0 Å². The van der Waals surface area contributed by atoms with Crippen LogP contribution < -0.4 is 0 Å². The lowest BCUT2D eigenvalue weighted by Crippen LogP contribution is -2.15. The molecule has 0 saturated heterocycles. The van der Waals surface area contributed by atoms with Crippen molar-refractivity contribution < 1.29 is 14.3 Å². The van der Waals surface area contributed by atoms with Crippen molar-refractivity contribution in [2.24, 2.45) is 10.8 Å². The van der Waals surface area contributed by atoms with Gasteiger partial charge in [-0.2, -0.15) is 0 Å². The van der Waals surface area contributed by atoms with Crippen LogP contribution >= 0.6 is 0 Å². The molecule has 0 aliphatic rings. The number of rotatable bonds is 9. The maximum atomic E-state index is 11.6. The molecule has 0 bridgehead atoms. The number of ether oxygens (including phenoxy) is 2. The number of Topliss-reactive ketones (excluding diaryl/α,β-unsaturated/α-hetero) is 1. The van der Waals surface area contributed by atoms with Crippen LogP contribution in [0.1, 0.15) is 60.8 Å². The number of hydrogen-bond donors (Lipinski definition) is 0. The summed E-state index contributed by atoms with van der Waals surface area (Å²) in [7, 11) is 0. The molecule has 0 aliphatic heterocycles. The molecule has 0 unspecified atom stereocenters. The first-order valence-electron chi connectivity index (χ1n) is 7.27. The molecule has 0 saturated carbocycles. The second-order valence-electron chi connectivity index (χ2n) is 7.56. The van der Waals surface area contributed by atoms with Gasteiger partial charge in [0.2, 0.25) is 0 Å². The van der Waals surface area contributed by atoms with E-state index in [1.165, 1.54) is 0 Å². The average molecular weight is 272 g/mol. The van der Waals surface area contributed by atoms with Crippen molar-refractivity contribution in [2.45, 2.75) is 60.8 Å². The first-order valence-corrected chi connectivity index (χ1v) is 7.27. The Kier molecular flexibility index (Phi) is 8.51. The van der Waals surface area contributed by atoms with Gasteiger partial charge in [-0.05, 0) is 17.3 Å². The van der Waals surface area contributed by atoms with Gasteiger partial charge in [0.05, 0.1) is 19.8 Å². The van der Waals surface area contributed by atoms with Gasteiger partial charge in [0.1, 0.15) is 5.78 Å². The van der Waals surface area contributed by atoms with E-state index in [4.69, 9.17) is 9.47 Å². The number of carbonyl (C=O) groups is 1. The molecule has 0 heterocycles. The molecule has 0 radical (unpaired) electrons. The maximum absolute atomic E-state index is 11.6. The summed E-state index contributed by atoms with van der Waals surface area (Å²) in [6.07, 6.45) is 2.19. The van der Waals surface area contributed by atoms with Crippen molar-refractivity contribution in [1.29, 1.82) is 0 Å². The Morgan fingerprint density at radius 2 is 1.32 bits per heavy atom. The van der Waals surface area contributed by atoms with E-state index in [2.05, 4.69) is 41.5 Å². The molecular weight excluding hydrogens is 240 g/mol. The second kappa shape index (κ2) is 8.70. The van der Waals surface area contributed by atoms with Crippen LogP contribution in [-0.4, -0.2) is 32.2 Å². The molecular formula is C16H32O3. The van der Waals surface area contributed by atoms with Gasteiger partial charge in [-0.25, -0.2) is 0 Å². The fourth-order valence-electron chi connectivity index (χ4n) is 1.57. The van der Waals surface area contributed by atoms with E-state index < -0.39 is 0 Å². The Balaban J connectivity index is 3.35. The van der Waals surface area contributed by atoms with Crippen molar-refractivity contribution >= 4 is 5.78 Å². The van der Waals surface area contributed by atoms with E-state index in [9.17, 15) is 4.79 Å². The van der Waals surface area contributed by atoms with E-state index >= 15 is 0 Å². The van der Waals surface area contributed by atoms with Crippen LogP contribution in [0.25, 0.3) is 0 Å². The van der Waals surface area contributed by atoms with Crippen LogP contribution in [0.5, 0.6) is 0 Å². The first-order chi connectivity index (χ1) is 8.60. The molecule has 3 heteroatoms. The summed E-state index contributed by atoms with van der Waals surface area (Å²) in [5.41, 5.74) is 0.396. The third-order valence-corrected chi connectivity index (χ3v) is 2.62. The Morgan fingerprint density at radius 3 is 1.79 bits per heavy atom. The van der Waals surface area contributed by atoms with Gasteiger partial charge in [0.15, 0.2) is 0 Å². The van der Waals surface area contributed by atoms with Gasteiger partial charge in [-0.1, -0.05) is 41.5 Å². The first kappa shape index (κ1) is 18.6. The summed E-state index contributed by atoms with van der Waals surface area (Å²) in [5, 5.41) is 0. The third-order valence-electron chi connectivity index (χ3n) is 2.62. The summed E-state index contributed by atoms with van der Waals surface area (Å²) in [4.78, 5) is 11.6. The molecule has 0 atom stereocenters. The van der Waals surface area contributed by atoms with Crippen LogP contribution in [-0.2, 0) is 14.3 Å². The average Bonchev–Trinajstić information content (AvgIpc) is 2.17. The van der Waals surface area contributed by atoms with Gasteiger partial charge in [0, 0.05) is 19.4 Å². The van der Waals surface area contributed by atoms with Crippen LogP contribution in [0, 0.1) is 10.8 Å². The zero-order valence-corrected chi connectivity index (χ0v) is 13.7. The minimum absolute atomic E-state index is 0.0765. The second-order valence-corrected chi connectivity index (χ2v) is 7.56. The van der Waals surface area contributed by atoms with Crippen molar-refractivity contribution in [3.63, 3.8) is 0 Å². The summed E-state index contributed by atoms with van der Waals surface area (Å²) >= 11 is 0. The molecule has 0 aromatic heterocycles. The van der Waals surface area contributed by atoms with Gasteiger partial charge >= 0.3 is 0 Å². The van der Waals surface area contributed by atoms with Gasteiger partial charge in [-0.15, -0.1) is 0 Å². The Hall–Kier alpha value is -0.410. The molecule has 0 N–H and O–H groups in total. The smallest absolute Gasteiger partial charge is 0.135 e. The van der Waals surface area contributed by atoms with Gasteiger partial charge < -0.3 is 9.47 Å². The highest BCUT2D eigenvalue weighted by Gasteiger charge is 2.15. The lowest BCUT2D eigenvalue weighted by atomic mass is 9.89. The van der Waals surface area contributed by atoms with E-state index in [0.29, 0.717) is 38.1 Å². The Morgan fingerprint density at radius 1 is 0.789 bits per heavy atom. The molecule has 0 aromatic carbocycles. The van der Waals surface area contributed by atoms with E-state index in [0.717, 1.165) is 13.0 Å². The fraction of sp³-hybridized carbons (Fsp3) is 0.938. The minimum Gasteiger partial charge on any atom is -0.379 e. The fourth-order valence-corrected chi connectivity index (χ4v) is 1.57. The highest BCUT2D eigenvalue weighted by Crippen LogP contribution is 2.19. The lowest BCUT2D eigenvalue weighted by Gasteiger charge is -2.17. The molecule has 114 valence electrons. The van der Waals surface area contributed by atoms with Crippen LogP contribution in [0.4, 0.5) is 0 Å². The number of hydrogen-bond acceptors (Lipinski definition) is 3. The molecule has 0 rings (SSSR count). The molecule has 0 spiro atoms. The number of carbonyl (C=O) groups excluding carboxylic acids is 1. The van der Waals surface area contributed by atoms with E-state index in [1.54, 1.807) is 0 Å².